The zero-order valence-corrected chi connectivity index (χ0v) is 30.8. The minimum atomic E-state index is 0.584. The maximum atomic E-state index is 6.54. The number of benzene rings is 7. The van der Waals surface area contributed by atoms with Gasteiger partial charge >= 0.3 is 0 Å². The first-order valence-corrected chi connectivity index (χ1v) is 19.1. The molecule has 0 atom stereocenters. The summed E-state index contributed by atoms with van der Waals surface area (Å²) in [5.74, 6) is 2.52. The van der Waals surface area contributed by atoms with Gasteiger partial charge in [0.1, 0.15) is 11.2 Å². The third-order valence-electron chi connectivity index (χ3n) is 9.68. The normalized spacial score (nSPS) is 11.3. The van der Waals surface area contributed by atoms with Crippen LogP contribution in [0, 0.1) is 0 Å². The van der Waals surface area contributed by atoms with Crippen molar-refractivity contribution in [3.8, 4) is 67.9 Å². The van der Waals surface area contributed by atoms with Crippen molar-refractivity contribution in [1.29, 1.82) is 0 Å². The lowest BCUT2D eigenvalue weighted by atomic mass is 9.97. The van der Waals surface area contributed by atoms with Crippen LogP contribution in [0.15, 0.2) is 202 Å². The summed E-state index contributed by atoms with van der Waals surface area (Å²) in [5.41, 5.74) is 9.34. The number of nitrogens with zero attached hydrogens (tertiary/aromatic N) is 5. The fraction of sp³-hybridized carbons (Fsp3) is 0. The van der Waals surface area contributed by atoms with Gasteiger partial charge in [0.25, 0.3) is 0 Å². The first-order valence-electron chi connectivity index (χ1n) is 18.3. The van der Waals surface area contributed by atoms with Gasteiger partial charge in [-0.25, -0.2) is 24.9 Å². The summed E-state index contributed by atoms with van der Waals surface area (Å²) in [6, 6.07) is 61.5. The fourth-order valence-electron chi connectivity index (χ4n) is 6.94. The monoisotopic (exact) mass is 737 g/mol. The molecule has 0 bridgehead atoms. The Hall–Kier alpha value is -7.22. The van der Waals surface area contributed by atoms with Crippen LogP contribution in [-0.4, -0.2) is 24.9 Å². The second-order valence-corrected chi connectivity index (χ2v) is 14.4. The summed E-state index contributed by atoms with van der Waals surface area (Å²) in [5, 5.41) is 2.08. The Labute approximate surface area is 327 Å². The standard InChI is InChI=1S/C49H31N5OS/c1-5-14-34(15-6-1)46-50-31-43(56-38-20-11-4-12-21-38)45(51-46)33-26-24-32(25-27-33)39-22-13-23-41-44(39)40-29-28-37(30-42(40)55-41)49-53-47(35-16-7-2-8-17-35)52-48(54-49)36-18-9-3-10-19-36/h1-31H. The van der Waals surface area contributed by atoms with Crippen LogP contribution in [0.3, 0.4) is 0 Å². The van der Waals surface area contributed by atoms with E-state index in [9.17, 15) is 0 Å². The van der Waals surface area contributed by atoms with Crippen LogP contribution >= 0.6 is 11.8 Å². The third-order valence-corrected chi connectivity index (χ3v) is 10.7. The summed E-state index contributed by atoms with van der Waals surface area (Å²) in [7, 11) is 0. The topological polar surface area (TPSA) is 77.6 Å². The van der Waals surface area contributed by atoms with Gasteiger partial charge < -0.3 is 4.42 Å². The maximum absolute atomic E-state index is 6.54. The molecule has 0 radical (unpaired) electrons. The Morgan fingerprint density at radius 3 is 1.55 bits per heavy atom. The van der Waals surface area contributed by atoms with Gasteiger partial charge in [0.2, 0.25) is 0 Å². The van der Waals surface area contributed by atoms with E-state index in [0.717, 1.165) is 76.4 Å². The summed E-state index contributed by atoms with van der Waals surface area (Å²) in [4.78, 5) is 26.7. The van der Waals surface area contributed by atoms with Crippen LogP contribution in [-0.2, 0) is 0 Å². The Balaban J connectivity index is 1.03. The molecule has 7 heteroatoms. The predicted octanol–water partition coefficient (Wildman–Crippen LogP) is 12.7. The summed E-state index contributed by atoms with van der Waals surface area (Å²) in [6.07, 6.45) is 1.94. The van der Waals surface area contributed by atoms with Gasteiger partial charge in [-0.15, -0.1) is 0 Å². The molecule has 3 aromatic heterocycles. The molecule has 3 heterocycles. The zero-order chi connectivity index (χ0) is 37.3. The molecule has 0 aliphatic carbocycles. The van der Waals surface area contributed by atoms with Gasteiger partial charge in [-0.1, -0.05) is 163 Å². The van der Waals surface area contributed by atoms with Crippen LogP contribution < -0.4 is 0 Å². The average molecular weight is 738 g/mol. The van der Waals surface area contributed by atoms with Crippen molar-refractivity contribution >= 4 is 33.7 Å². The predicted molar refractivity (Wildman–Crippen MR) is 226 cm³/mol. The highest BCUT2D eigenvalue weighted by Crippen LogP contribution is 2.40. The molecule has 56 heavy (non-hydrogen) atoms. The highest BCUT2D eigenvalue weighted by molar-refractivity contribution is 7.99. The lowest BCUT2D eigenvalue weighted by Crippen LogP contribution is -2.00. The molecule has 10 aromatic rings. The molecule has 10 rings (SSSR count). The van der Waals surface area contributed by atoms with Crippen molar-refractivity contribution in [2.45, 2.75) is 9.79 Å². The Morgan fingerprint density at radius 2 is 0.929 bits per heavy atom. The molecule has 6 nitrogen and oxygen atoms in total. The van der Waals surface area contributed by atoms with E-state index in [1.54, 1.807) is 11.8 Å². The molecule has 0 fully saturated rings. The van der Waals surface area contributed by atoms with Crippen molar-refractivity contribution < 1.29 is 4.42 Å². The Bertz CT molecular complexity index is 2920. The van der Waals surface area contributed by atoms with Crippen LogP contribution in [0.1, 0.15) is 0 Å². The van der Waals surface area contributed by atoms with E-state index in [2.05, 4.69) is 54.6 Å². The molecule has 0 aliphatic heterocycles. The summed E-state index contributed by atoms with van der Waals surface area (Å²) in [6.45, 7) is 0. The van der Waals surface area contributed by atoms with Crippen molar-refractivity contribution in [3.63, 3.8) is 0 Å². The van der Waals surface area contributed by atoms with Crippen molar-refractivity contribution in [1.82, 2.24) is 24.9 Å². The molecule has 7 aromatic carbocycles. The van der Waals surface area contributed by atoms with E-state index in [4.69, 9.17) is 29.3 Å². The second-order valence-electron chi connectivity index (χ2n) is 13.3. The number of furan rings is 1. The zero-order valence-electron chi connectivity index (χ0n) is 30.0. The fourth-order valence-corrected chi connectivity index (χ4v) is 7.86. The molecule has 264 valence electrons. The maximum Gasteiger partial charge on any atom is 0.164 e. The number of fused-ring (bicyclic) bond motifs is 3. The van der Waals surface area contributed by atoms with E-state index in [1.165, 1.54) is 0 Å². The Morgan fingerprint density at radius 1 is 0.393 bits per heavy atom. The number of hydrogen-bond acceptors (Lipinski definition) is 7. The van der Waals surface area contributed by atoms with E-state index < -0.39 is 0 Å². The van der Waals surface area contributed by atoms with E-state index in [0.29, 0.717) is 23.3 Å². The quantitative estimate of drug-likeness (QED) is 0.154. The lowest BCUT2D eigenvalue weighted by molar-refractivity contribution is 0.669. The van der Waals surface area contributed by atoms with Crippen LogP contribution in [0.5, 0.6) is 0 Å². The molecular weight excluding hydrogens is 707 g/mol. The third kappa shape index (κ3) is 6.50. The van der Waals surface area contributed by atoms with Crippen LogP contribution in [0.25, 0.3) is 89.9 Å². The summed E-state index contributed by atoms with van der Waals surface area (Å²) < 4.78 is 6.54. The highest BCUT2D eigenvalue weighted by atomic mass is 32.2. The SMILES string of the molecule is c1ccc(Sc2cnc(-c3ccccc3)nc2-c2ccc(-c3cccc4oc5cc(-c6nc(-c7ccccc7)nc(-c7ccccc7)n6)ccc5c34)cc2)cc1. The van der Waals surface area contributed by atoms with E-state index >= 15 is 0 Å². The van der Waals surface area contributed by atoms with Gasteiger partial charge in [-0.2, -0.15) is 0 Å². The van der Waals surface area contributed by atoms with Crippen molar-refractivity contribution in [2.75, 3.05) is 0 Å². The Kier molecular flexibility index (Phi) is 8.67. The smallest absolute Gasteiger partial charge is 0.164 e. The van der Waals surface area contributed by atoms with E-state index in [1.807, 2.05) is 134 Å². The largest absolute Gasteiger partial charge is 0.456 e. The number of hydrogen-bond donors (Lipinski definition) is 0. The van der Waals surface area contributed by atoms with Gasteiger partial charge in [-0.3, -0.25) is 0 Å². The molecule has 0 amide bonds. The number of rotatable bonds is 8. The minimum Gasteiger partial charge on any atom is -0.456 e. The van der Waals surface area contributed by atoms with Crippen molar-refractivity contribution in [2.24, 2.45) is 0 Å². The molecule has 0 saturated carbocycles. The van der Waals surface area contributed by atoms with Crippen molar-refractivity contribution in [3.05, 3.63) is 188 Å². The molecule has 0 N–H and O–H groups in total. The summed E-state index contributed by atoms with van der Waals surface area (Å²) >= 11 is 1.67. The van der Waals surface area contributed by atoms with Gasteiger partial charge in [0.15, 0.2) is 23.3 Å². The van der Waals surface area contributed by atoms with Crippen LogP contribution in [0.4, 0.5) is 0 Å². The average Bonchev–Trinajstić information content (AvgIpc) is 3.66. The van der Waals surface area contributed by atoms with Crippen LogP contribution in [0.2, 0.25) is 0 Å². The van der Waals surface area contributed by atoms with Gasteiger partial charge in [0.05, 0.1) is 10.6 Å². The minimum absolute atomic E-state index is 0.584. The second kappa shape index (κ2) is 14.5. The highest BCUT2D eigenvalue weighted by Gasteiger charge is 2.18. The molecule has 0 saturated heterocycles. The molecular formula is C49H31N5OS. The molecule has 0 aliphatic rings. The number of aromatic nitrogens is 5. The lowest BCUT2D eigenvalue weighted by Gasteiger charge is -2.12. The first kappa shape index (κ1) is 33.4. The van der Waals surface area contributed by atoms with E-state index in [-0.39, 0.29) is 0 Å². The molecule has 0 spiro atoms. The molecule has 0 unspecified atom stereocenters. The van der Waals surface area contributed by atoms with Gasteiger partial charge in [0, 0.05) is 49.7 Å². The first-order chi connectivity index (χ1) is 27.7. The van der Waals surface area contributed by atoms with Gasteiger partial charge in [-0.05, 0) is 41.5 Å².